The fraction of sp³-hybridized carbons (Fsp3) is 0.647. The molecule has 1 aromatic rings. The fourth-order valence-corrected chi connectivity index (χ4v) is 4.11. The highest BCUT2D eigenvalue weighted by atomic mass is 32.1. The second kappa shape index (κ2) is 6.82. The van der Waals surface area contributed by atoms with Crippen LogP contribution < -0.4 is 5.32 Å². The molecule has 0 spiro atoms. The topological polar surface area (TPSA) is 61.9 Å². The first kappa shape index (κ1) is 17.4. The maximum absolute atomic E-state index is 13.2. The third kappa shape index (κ3) is 3.63. The van der Waals surface area contributed by atoms with E-state index in [-0.39, 0.29) is 17.9 Å². The van der Waals surface area contributed by atoms with E-state index in [9.17, 15) is 9.59 Å². The van der Waals surface area contributed by atoms with E-state index in [0.29, 0.717) is 30.6 Å². The van der Waals surface area contributed by atoms with E-state index in [1.807, 2.05) is 16.3 Å². The van der Waals surface area contributed by atoms with Crippen molar-refractivity contribution in [1.82, 2.24) is 15.1 Å². The van der Waals surface area contributed by atoms with Crippen molar-refractivity contribution in [2.24, 2.45) is 5.92 Å². The molecule has 7 heteroatoms. The minimum Gasteiger partial charge on any atom is -0.379 e. The number of nitrogens with zero attached hydrogens (tertiary/aromatic N) is 2. The van der Waals surface area contributed by atoms with Gasteiger partial charge in [0.05, 0.1) is 24.1 Å². The van der Waals surface area contributed by atoms with Crippen LogP contribution in [0.3, 0.4) is 0 Å². The lowest BCUT2D eigenvalue weighted by atomic mass is 10.0. The highest BCUT2D eigenvalue weighted by Gasteiger charge is 2.41. The van der Waals surface area contributed by atoms with Crippen LogP contribution in [0.15, 0.2) is 17.5 Å². The first-order valence-corrected chi connectivity index (χ1v) is 9.18. The summed E-state index contributed by atoms with van der Waals surface area (Å²) in [6.07, 6.45) is 0. The lowest BCUT2D eigenvalue weighted by Crippen LogP contribution is -2.59. The number of ether oxygens (including phenoxy) is 1. The molecule has 132 valence electrons. The van der Waals surface area contributed by atoms with Gasteiger partial charge in [0.15, 0.2) is 0 Å². The summed E-state index contributed by atoms with van der Waals surface area (Å²) in [7, 11) is 2.09. The van der Waals surface area contributed by atoms with Gasteiger partial charge >= 0.3 is 0 Å². The van der Waals surface area contributed by atoms with E-state index in [0.717, 1.165) is 13.1 Å². The molecule has 2 atom stereocenters. The molecule has 2 aliphatic rings. The molecule has 3 rings (SSSR count). The molecule has 1 aromatic heterocycles. The summed E-state index contributed by atoms with van der Waals surface area (Å²) in [5, 5.41) is 4.75. The number of hydrogen-bond acceptors (Lipinski definition) is 5. The van der Waals surface area contributed by atoms with Gasteiger partial charge in [-0.25, -0.2) is 0 Å². The number of nitrogens with one attached hydrogen (secondary N) is 1. The Kier molecular flexibility index (Phi) is 4.94. The van der Waals surface area contributed by atoms with Gasteiger partial charge in [-0.2, -0.15) is 0 Å². The van der Waals surface area contributed by atoms with Crippen LogP contribution in [-0.4, -0.2) is 73.1 Å². The zero-order valence-electron chi connectivity index (χ0n) is 14.4. The van der Waals surface area contributed by atoms with Crippen molar-refractivity contribution in [2.75, 3.05) is 39.9 Å². The van der Waals surface area contributed by atoms with Gasteiger partial charge in [0.1, 0.15) is 5.54 Å². The summed E-state index contributed by atoms with van der Waals surface area (Å²) in [5.41, 5.74) is -0.947. The van der Waals surface area contributed by atoms with Crippen molar-refractivity contribution in [1.29, 1.82) is 0 Å². The molecule has 2 fully saturated rings. The van der Waals surface area contributed by atoms with Gasteiger partial charge < -0.3 is 19.9 Å². The smallest absolute Gasteiger partial charge is 0.262 e. The zero-order valence-corrected chi connectivity index (χ0v) is 15.3. The molecule has 24 heavy (non-hydrogen) atoms. The molecule has 2 aliphatic heterocycles. The average molecular weight is 351 g/mol. The van der Waals surface area contributed by atoms with Gasteiger partial charge in [-0.3, -0.25) is 9.59 Å². The highest BCUT2D eigenvalue weighted by molar-refractivity contribution is 7.12. The monoisotopic (exact) mass is 351 g/mol. The van der Waals surface area contributed by atoms with Crippen molar-refractivity contribution >= 4 is 23.2 Å². The van der Waals surface area contributed by atoms with Crippen LogP contribution >= 0.6 is 11.3 Å². The molecule has 2 saturated heterocycles. The second-order valence-corrected chi connectivity index (χ2v) is 8.24. The summed E-state index contributed by atoms with van der Waals surface area (Å²) in [4.78, 5) is 30.3. The molecule has 0 radical (unpaired) electrons. The predicted octanol–water partition coefficient (Wildman–Crippen LogP) is 1.05. The second-order valence-electron chi connectivity index (χ2n) is 7.29. The molecular formula is C17H25N3O3S. The first-order chi connectivity index (χ1) is 11.4. The number of carbonyl (C=O) groups excluding carboxylic acids is 2. The number of fused-ring (bicyclic) bond motifs is 3. The zero-order chi connectivity index (χ0) is 17.3. The normalized spacial score (nSPS) is 25.2. The standard InChI is InChI=1S/C17H25N3O3S/c1-17(2,18-15(21)14-5-4-6-24-14)16(22)20-8-12-7-19(3)9-13(20)11-23-10-12/h4-6,12-13H,7-11H2,1-3H3,(H,18,21)/t12-,13-/m0/s1. The lowest BCUT2D eigenvalue weighted by molar-refractivity contribution is -0.139. The average Bonchev–Trinajstić information content (AvgIpc) is 2.90. The number of thiophene rings is 1. The Hall–Kier alpha value is -1.44. The number of amides is 2. The fourth-order valence-electron chi connectivity index (χ4n) is 3.49. The Balaban J connectivity index is 1.75. The summed E-state index contributed by atoms with van der Waals surface area (Å²) in [6, 6.07) is 3.63. The molecule has 0 aliphatic carbocycles. The Bertz CT molecular complexity index is 602. The molecule has 2 amide bonds. The quantitative estimate of drug-likeness (QED) is 0.884. The van der Waals surface area contributed by atoms with E-state index in [2.05, 4.69) is 17.3 Å². The molecular weight excluding hydrogens is 326 g/mol. The van der Waals surface area contributed by atoms with Gasteiger partial charge in [0.2, 0.25) is 5.91 Å². The van der Waals surface area contributed by atoms with Gasteiger partial charge in [-0.15, -0.1) is 11.3 Å². The number of carbonyl (C=O) groups is 2. The van der Waals surface area contributed by atoms with E-state index >= 15 is 0 Å². The van der Waals surface area contributed by atoms with Gasteiger partial charge in [0.25, 0.3) is 5.91 Å². The Morgan fingerprint density at radius 1 is 1.29 bits per heavy atom. The van der Waals surface area contributed by atoms with E-state index < -0.39 is 5.54 Å². The summed E-state index contributed by atoms with van der Waals surface area (Å²) in [5.74, 6) is 0.0768. The lowest BCUT2D eigenvalue weighted by Gasteiger charge is -2.36. The Morgan fingerprint density at radius 3 is 2.79 bits per heavy atom. The molecule has 0 saturated carbocycles. The Labute approximate surface area is 146 Å². The van der Waals surface area contributed by atoms with Crippen molar-refractivity contribution < 1.29 is 14.3 Å². The maximum atomic E-state index is 13.2. The minimum atomic E-state index is -0.947. The number of likely N-dealkylation sites (N-methyl/N-ethyl adjacent to an activating group) is 1. The third-order valence-corrected chi connectivity index (χ3v) is 5.49. The van der Waals surface area contributed by atoms with E-state index in [4.69, 9.17) is 4.74 Å². The number of hydrogen-bond donors (Lipinski definition) is 1. The van der Waals surface area contributed by atoms with E-state index in [1.54, 1.807) is 19.9 Å². The predicted molar refractivity (Wildman–Crippen MR) is 93.2 cm³/mol. The van der Waals surface area contributed by atoms with Crippen molar-refractivity contribution in [3.8, 4) is 0 Å². The van der Waals surface area contributed by atoms with Crippen LogP contribution in [0.1, 0.15) is 23.5 Å². The molecule has 2 bridgehead atoms. The molecule has 1 N–H and O–H groups in total. The first-order valence-electron chi connectivity index (χ1n) is 8.30. The Morgan fingerprint density at radius 2 is 2.08 bits per heavy atom. The SMILES string of the molecule is CN1C[C@@H]2COC[C@H](C1)N(C(=O)C(C)(C)NC(=O)c1cccs1)C2. The highest BCUT2D eigenvalue weighted by Crippen LogP contribution is 2.22. The molecule has 6 nitrogen and oxygen atoms in total. The van der Waals surface area contributed by atoms with Crippen molar-refractivity contribution in [3.05, 3.63) is 22.4 Å². The van der Waals surface area contributed by atoms with Crippen LogP contribution in [0, 0.1) is 5.92 Å². The minimum absolute atomic E-state index is 0.0351. The summed E-state index contributed by atoms with van der Waals surface area (Å²) < 4.78 is 5.74. The van der Waals surface area contributed by atoms with Gasteiger partial charge in [0, 0.05) is 25.6 Å². The van der Waals surface area contributed by atoms with Crippen molar-refractivity contribution in [2.45, 2.75) is 25.4 Å². The van der Waals surface area contributed by atoms with E-state index in [1.165, 1.54) is 11.3 Å². The van der Waals surface area contributed by atoms with Crippen LogP contribution in [0.2, 0.25) is 0 Å². The van der Waals surface area contributed by atoms with Crippen LogP contribution in [0.5, 0.6) is 0 Å². The van der Waals surface area contributed by atoms with Crippen molar-refractivity contribution in [3.63, 3.8) is 0 Å². The summed E-state index contributed by atoms with van der Waals surface area (Å²) in [6.45, 7) is 7.22. The number of rotatable bonds is 3. The van der Waals surface area contributed by atoms with Crippen LogP contribution in [-0.2, 0) is 9.53 Å². The van der Waals surface area contributed by atoms with Crippen LogP contribution in [0.25, 0.3) is 0 Å². The molecule has 0 aromatic carbocycles. The molecule has 3 heterocycles. The van der Waals surface area contributed by atoms with Crippen LogP contribution in [0.4, 0.5) is 0 Å². The van der Waals surface area contributed by atoms with Gasteiger partial charge in [-0.1, -0.05) is 6.07 Å². The summed E-state index contributed by atoms with van der Waals surface area (Å²) >= 11 is 1.37. The third-order valence-electron chi connectivity index (χ3n) is 4.62. The van der Waals surface area contributed by atoms with Gasteiger partial charge in [-0.05, 0) is 32.3 Å². The molecule has 0 unspecified atom stereocenters. The largest absolute Gasteiger partial charge is 0.379 e. The maximum Gasteiger partial charge on any atom is 0.262 e.